The number of benzene rings is 1. The van der Waals surface area contributed by atoms with Gasteiger partial charge in [0, 0.05) is 44.1 Å². The zero-order valence-electron chi connectivity index (χ0n) is 13.4. The lowest BCUT2D eigenvalue weighted by molar-refractivity contribution is 0.151. The molecule has 0 aliphatic carbocycles. The molecule has 0 radical (unpaired) electrons. The van der Waals surface area contributed by atoms with E-state index in [1.165, 1.54) is 5.56 Å². The Morgan fingerprint density at radius 1 is 1.29 bits per heavy atom. The van der Waals surface area contributed by atoms with E-state index in [4.69, 9.17) is 16.3 Å². The van der Waals surface area contributed by atoms with E-state index in [9.17, 15) is 0 Å². The third-order valence-corrected chi connectivity index (χ3v) is 4.42. The topological polar surface area (TPSA) is 37.4 Å². The summed E-state index contributed by atoms with van der Waals surface area (Å²) < 4.78 is 5.53. The van der Waals surface area contributed by atoms with Crippen molar-refractivity contribution in [2.24, 2.45) is 0 Å². The maximum atomic E-state index is 6.27. The highest BCUT2D eigenvalue weighted by Gasteiger charge is 2.26. The minimum Gasteiger partial charge on any atom is -0.496 e. The van der Waals surface area contributed by atoms with Gasteiger partial charge in [0.15, 0.2) is 0 Å². The minimum absolute atomic E-state index is 0. The fraction of sp³-hybridized carbons (Fsp3) is 0.353. The van der Waals surface area contributed by atoms with Crippen molar-refractivity contribution in [2.45, 2.75) is 12.6 Å². The summed E-state index contributed by atoms with van der Waals surface area (Å²) in [6.45, 7) is 3.67. The molecule has 24 heavy (non-hydrogen) atoms. The molecule has 1 aliphatic rings. The molecular formula is C17H22Cl3N3O. The van der Waals surface area contributed by atoms with E-state index in [0.717, 1.165) is 42.5 Å². The smallest absolute Gasteiger partial charge is 0.123 e. The van der Waals surface area contributed by atoms with Crippen molar-refractivity contribution in [3.63, 3.8) is 0 Å². The molecule has 1 aromatic heterocycles. The highest BCUT2D eigenvalue weighted by atomic mass is 35.5. The number of ether oxygens (including phenoxy) is 1. The summed E-state index contributed by atoms with van der Waals surface area (Å²) >= 11 is 6.27. The standard InChI is InChI=1S/C17H20ClN3O.2ClH/c1-22-17-5-3-2-4-14(17)16-11-20-8-9-21(16)12-13-6-7-19-10-15(13)18;;/h2-7,10,16,20H,8-9,11-12H2,1H3;2*1H. The van der Waals surface area contributed by atoms with Gasteiger partial charge in [-0.25, -0.2) is 0 Å². The molecule has 1 atom stereocenters. The predicted octanol–water partition coefficient (Wildman–Crippen LogP) is 3.73. The van der Waals surface area contributed by atoms with Crippen LogP contribution >= 0.6 is 36.4 Å². The lowest BCUT2D eigenvalue weighted by Crippen LogP contribution is -2.45. The normalized spacial score (nSPS) is 17.5. The van der Waals surface area contributed by atoms with Gasteiger partial charge in [-0.2, -0.15) is 0 Å². The molecule has 0 bridgehead atoms. The summed E-state index contributed by atoms with van der Waals surface area (Å²) in [4.78, 5) is 6.50. The van der Waals surface area contributed by atoms with E-state index in [-0.39, 0.29) is 30.9 Å². The van der Waals surface area contributed by atoms with Crippen LogP contribution in [0.25, 0.3) is 0 Å². The Morgan fingerprint density at radius 2 is 2.08 bits per heavy atom. The number of nitrogens with one attached hydrogen (secondary N) is 1. The van der Waals surface area contributed by atoms with Crippen LogP contribution in [0.2, 0.25) is 5.02 Å². The number of para-hydroxylation sites is 1. The van der Waals surface area contributed by atoms with Gasteiger partial charge in [-0.3, -0.25) is 9.88 Å². The molecule has 132 valence electrons. The molecule has 1 N–H and O–H groups in total. The number of aromatic nitrogens is 1. The molecular weight excluding hydrogens is 369 g/mol. The summed E-state index contributed by atoms with van der Waals surface area (Å²) in [6, 6.07) is 10.5. The molecule has 1 unspecified atom stereocenters. The Labute approximate surface area is 160 Å². The van der Waals surface area contributed by atoms with E-state index in [1.54, 1.807) is 19.5 Å². The Balaban J connectivity index is 0.00000144. The maximum absolute atomic E-state index is 6.27. The number of nitrogens with zero attached hydrogens (tertiary/aromatic N) is 2. The fourth-order valence-corrected chi connectivity index (χ4v) is 3.11. The van der Waals surface area contributed by atoms with Crippen LogP contribution in [0.5, 0.6) is 5.75 Å². The third-order valence-electron chi connectivity index (χ3n) is 4.08. The van der Waals surface area contributed by atoms with E-state index in [2.05, 4.69) is 27.3 Å². The van der Waals surface area contributed by atoms with Crippen LogP contribution in [0.4, 0.5) is 0 Å². The number of rotatable bonds is 4. The highest BCUT2D eigenvalue weighted by Crippen LogP contribution is 2.31. The zero-order valence-corrected chi connectivity index (χ0v) is 15.8. The van der Waals surface area contributed by atoms with E-state index in [0.29, 0.717) is 0 Å². The predicted molar refractivity (Wildman–Crippen MR) is 103 cm³/mol. The molecule has 1 saturated heterocycles. The van der Waals surface area contributed by atoms with E-state index in [1.807, 2.05) is 18.2 Å². The second-order valence-corrected chi connectivity index (χ2v) is 5.81. The van der Waals surface area contributed by atoms with Crippen molar-refractivity contribution in [1.29, 1.82) is 0 Å². The molecule has 2 heterocycles. The van der Waals surface area contributed by atoms with Crippen molar-refractivity contribution in [3.05, 3.63) is 58.9 Å². The number of methoxy groups -OCH3 is 1. The summed E-state index contributed by atoms with van der Waals surface area (Å²) in [5, 5.41) is 4.19. The highest BCUT2D eigenvalue weighted by molar-refractivity contribution is 6.31. The Bertz CT molecular complexity index is 642. The number of hydrogen-bond donors (Lipinski definition) is 1. The van der Waals surface area contributed by atoms with Gasteiger partial charge in [-0.15, -0.1) is 24.8 Å². The molecule has 4 nitrogen and oxygen atoms in total. The van der Waals surface area contributed by atoms with Crippen LogP contribution in [0.15, 0.2) is 42.7 Å². The summed E-state index contributed by atoms with van der Waals surface area (Å²) in [5.74, 6) is 0.932. The average molecular weight is 391 g/mol. The lowest BCUT2D eigenvalue weighted by Gasteiger charge is -2.37. The SMILES string of the molecule is COc1ccccc1C1CNCCN1Cc1ccncc1Cl.Cl.Cl. The zero-order chi connectivity index (χ0) is 15.4. The van der Waals surface area contributed by atoms with Crippen LogP contribution < -0.4 is 10.1 Å². The number of piperazine rings is 1. The summed E-state index contributed by atoms with van der Waals surface area (Å²) in [5.41, 5.74) is 2.32. The summed E-state index contributed by atoms with van der Waals surface area (Å²) in [7, 11) is 1.72. The van der Waals surface area contributed by atoms with Crippen molar-refractivity contribution in [2.75, 3.05) is 26.7 Å². The molecule has 7 heteroatoms. The van der Waals surface area contributed by atoms with Crippen molar-refractivity contribution in [3.8, 4) is 5.75 Å². The molecule has 1 aromatic carbocycles. The molecule has 1 fully saturated rings. The van der Waals surface area contributed by atoms with Crippen LogP contribution in [-0.4, -0.2) is 36.6 Å². The van der Waals surface area contributed by atoms with Gasteiger partial charge in [0.05, 0.1) is 18.2 Å². The van der Waals surface area contributed by atoms with Gasteiger partial charge in [-0.05, 0) is 17.7 Å². The van der Waals surface area contributed by atoms with Gasteiger partial charge in [0.25, 0.3) is 0 Å². The number of halogens is 3. The quantitative estimate of drug-likeness (QED) is 0.863. The summed E-state index contributed by atoms with van der Waals surface area (Å²) in [6.07, 6.45) is 3.50. The first-order chi connectivity index (χ1) is 10.8. The molecule has 3 rings (SSSR count). The first kappa shape index (κ1) is 21.0. The molecule has 0 spiro atoms. The number of hydrogen-bond acceptors (Lipinski definition) is 4. The maximum Gasteiger partial charge on any atom is 0.123 e. The van der Waals surface area contributed by atoms with Crippen LogP contribution in [-0.2, 0) is 6.54 Å². The Hall–Kier alpha value is -1.04. The fourth-order valence-electron chi connectivity index (χ4n) is 2.94. The van der Waals surface area contributed by atoms with Gasteiger partial charge in [0.2, 0.25) is 0 Å². The average Bonchev–Trinajstić information content (AvgIpc) is 2.57. The number of pyridine rings is 1. The van der Waals surface area contributed by atoms with Crippen molar-refractivity contribution < 1.29 is 4.74 Å². The second kappa shape index (κ2) is 10.1. The van der Waals surface area contributed by atoms with Crippen molar-refractivity contribution in [1.82, 2.24) is 15.2 Å². The Kier molecular flexibility index (Phi) is 8.81. The van der Waals surface area contributed by atoms with Gasteiger partial charge in [-0.1, -0.05) is 29.8 Å². The van der Waals surface area contributed by atoms with Crippen LogP contribution in [0.3, 0.4) is 0 Å². The van der Waals surface area contributed by atoms with Gasteiger partial charge in [0.1, 0.15) is 5.75 Å². The molecule has 0 amide bonds. The monoisotopic (exact) mass is 389 g/mol. The molecule has 1 aliphatic heterocycles. The van der Waals surface area contributed by atoms with Crippen LogP contribution in [0, 0.1) is 0 Å². The van der Waals surface area contributed by atoms with E-state index >= 15 is 0 Å². The van der Waals surface area contributed by atoms with Gasteiger partial charge < -0.3 is 10.1 Å². The largest absolute Gasteiger partial charge is 0.496 e. The minimum atomic E-state index is 0. The van der Waals surface area contributed by atoms with Crippen molar-refractivity contribution >= 4 is 36.4 Å². The van der Waals surface area contributed by atoms with Crippen LogP contribution in [0.1, 0.15) is 17.2 Å². The lowest BCUT2D eigenvalue weighted by atomic mass is 10.0. The second-order valence-electron chi connectivity index (χ2n) is 5.40. The van der Waals surface area contributed by atoms with E-state index < -0.39 is 0 Å². The third kappa shape index (κ3) is 4.74. The first-order valence-electron chi connectivity index (χ1n) is 7.45. The first-order valence-corrected chi connectivity index (χ1v) is 7.83. The molecule has 2 aromatic rings. The Morgan fingerprint density at radius 3 is 2.83 bits per heavy atom. The molecule has 0 saturated carbocycles. The van der Waals surface area contributed by atoms with Gasteiger partial charge >= 0.3 is 0 Å².